The van der Waals surface area contributed by atoms with Crippen molar-refractivity contribution in [3.8, 4) is 5.75 Å². The minimum absolute atomic E-state index is 0.546. The lowest BCUT2D eigenvalue weighted by Crippen LogP contribution is -2.03. The summed E-state index contributed by atoms with van der Waals surface area (Å²) in [4.78, 5) is 0. The van der Waals surface area contributed by atoms with Crippen LogP contribution in [-0.4, -0.2) is 9.78 Å². The molecule has 0 saturated heterocycles. The van der Waals surface area contributed by atoms with Gasteiger partial charge in [0, 0.05) is 11.5 Å². The van der Waals surface area contributed by atoms with E-state index in [1.807, 2.05) is 23.9 Å². The fourth-order valence-corrected chi connectivity index (χ4v) is 2.26. The molecule has 2 rings (SSSR count). The molecule has 102 valence electrons. The molecule has 0 bridgehead atoms. The van der Waals surface area contributed by atoms with Gasteiger partial charge in [0.25, 0.3) is 0 Å². The fraction of sp³-hybridized carbons (Fsp3) is 0.400. The lowest BCUT2D eigenvalue weighted by molar-refractivity contribution is 0.294. The number of aromatic nitrogens is 2. The standard InChI is InChI=1S/C15H19BrN2O/c1-5-12-8-13(18(4)17-12)9-19-14-6-10(2)15(16)11(3)7-14/h6-8H,5,9H2,1-4H3. The summed E-state index contributed by atoms with van der Waals surface area (Å²) in [6.07, 6.45) is 0.949. The SMILES string of the molecule is CCc1cc(COc2cc(C)c(Br)c(C)c2)n(C)n1. The molecule has 0 unspecified atom stereocenters. The first-order chi connectivity index (χ1) is 9.01. The number of hydrogen-bond donors (Lipinski definition) is 0. The Hall–Kier alpha value is -1.29. The van der Waals surface area contributed by atoms with Gasteiger partial charge in [0.15, 0.2) is 0 Å². The molecule has 1 heterocycles. The van der Waals surface area contributed by atoms with Crippen molar-refractivity contribution in [2.24, 2.45) is 7.05 Å². The molecule has 0 radical (unpaired) electrons. The molecular formula is C15H19BrN2O. The van der Waals surface area contributed by atoms with Gasteiger partial charge < -0.3 is 4.74 Å². The molecule has 0 aliphatic rings. The predicted molar refractivity (Wildman–Crippen MR) is 80.5 cm³/mol. The first-order valence-corrected chi connectivity index (χ1v) is 7.22. The number of ether oxygens (including phenoxy) is 1. The van der Waals surface area contributed by atoms with Crippen LogP contribution in [-0.2, 0) is 20.1 Å². The highest BCUT2D eigenvalue weighted by Gasteiger charge is 2.07. The van der Waals surface area contributed by atoms with E-state index < -0.39 is 0 Å². The van der Waals surface area contributed by atoms with Crippen molar-refractivity contribution in [1.29, 1.82) is 0 Å². The number of halogens is 1. The second-order valence-corrected chi connectivity index (χ2v) is 5.56. The van der Waals surface area contributed by atoms with E-state index in [0.29, 0.717) is 6.61 Å². The average molecular weight is 323 g/mol. The van der Waals surface area contributed by atoms with Gasteiger partial charge in [0.05, 0.1) is 11.4 Å². The normalized spacial score (nSPS) is 10.8. The maximum Gasteiger partial charge on any atom is 0.130 e. The maximum atomic E-state index is 5.87. The van der Waals surface area contributed by atoms with E-state index >= 15 is 0 Å². The van der Waals surface area contributed by atoms with Crippen LogP contribution in [0.4, 0.5) is 0 Å². The number of aryl methyl sites for hydroxylation is 4. The van der Waals surface area contributed by atoms with Crippen LogP contribution in [0.25, 0.3) is 0 Å². The molecule has 19 heavy (non-hydrogen) atoms. The number of benzene rings is 1. The van der Waals surface area contributed by atoms with Gasteiger partial charge in [-0.05, 0) is 49.6 Å². The van der Waals surface area contributed by atoms with Crippen molar-refractivity contribution in [2.45, 2.75) is 33.8 Å². The summed E-state index contributed by atoms with van der Waals surface area (Å²) in [5.41, 5.74) is 4.57. The Labute approximate surface area is 122 Å². The van der Waals surface area contributed by atoms with E-state index in [4.69, 9.17) is 4.74 Å². The van der Waals surface area contributed by atoms with Crippen LogP contribution in [0.15, 0.2) is 22.7 Å². The lowest BCUT2D eigenvalue weighted by Gasteiger charge is -2.10. The van der Waals surface area contributed by atoms with Crippen LogP contribution >= 0.6 is 15.9 Å². The van der Waals surface area contributed by atoms with Gasteiger partial charge in [0.2, 0.25) is 0 Å². The number of rotatable bonds is 4. The van der Waals surface area contributed by atoms with Gasteiger partial charge in [-0.2, -0.15) is 5.10 Å². The molecule has 4 heteroatoms. The Morgan fingerprint density at radius 3 is 2.37 bits per heavy atom. The molecule has 0 amide bonds. The number of hydrogen-bond acceptors (Lipinski definition) is 2. The molecule has 0 fully saturated rings. The van der Waals surface area contributed by atoms with E-state index in [0.717, 1.165) is 28.0 Å². The van der Waals surface area contributed by atoms with Crippen LogP contribution in [0.5, 0.6) is 5.75 Å². The zero-order valence-electron chi connectivity index (χ0n) is 11.8. The van der Waals surface area contributed by atoms with Crippen LogP contribution < -0.4 is 4.74 Å². The Balaban J connectivity index is 2.12. The maximum absolute atomic E-state index is 5.87. The molecular weight excluding hydrogens is 304 g/mol. The van der Waals surface area contributed by atoms with Gasteiger partial charge in [0.1, 0.15) is 12.4 Å². The van der Waals surface area contributed by atoms with Gasteiger partial charge in [-0.1, -0.05) is 22.9 Å². The largest absolute Gasteiger partial charge is 0.487 e. The van der Waals surface area contributed by atoms with Crippen molar-refractivity contribution in [3.05, 3.63) is 45.2 Å². The molecule has 1 aromatic carbocycles. The summed E-state index contributed by atoms with van der Waals surface area (Å²) in [7, 11) is 1.95. The quantitative estimate of drug-likeness (QED) is 0.852. The van der Waals surface area contributed by atoms with Crippen LogP contribution in [0.3, 0.4) is 0 Å². The van der Waals surface area contributed by atoms with Gasteiger partial charge in [-0.3, -0.25) is 4.68 Å². The summed E-state index contributed by atoms with van der Waals surface area (Å²) < 4.78 is 8.90. The van der Waals surface area contributed by atoms with E-state index in [-0.39, 0.29) is 0 Å². The average Bonchev–Trinajstić information content (AvgIpc) is 2.74. The third-order valence-electron chi connectivity index (χ3n) is 3.19. The molecule has 2 aromatic rings. The first kappa shape index (κ1) is 14.1. The van der Waals surface area contributed by atoms with Crippen molar-refractivity contribution in [1.82, 2.24) is 9.78 Å². The summed E-state index contributed by atoms with van der Waals surface area (Å²) in [5, 5.41) is 4.42. The molecule has 0 N–H and O–H groups in total. The highest BCUT2D eigenvalue weighted by atomic mass is 79.9. The van der Waals surface area contributed by atoms with Gasteiger partial charge in [-0.15, -0.1) is 0 Å². The molecule has 0 aliphatic carbocycles. The summed E-state index contributed by atoms with van der Waals surface area (Å²) in [6.45, 7) is 6.80. The van der Waals surface area contributed by atoms with Crippen LogP contribution in [0.1, 0.15) is 29.4 Å². The molecule has 1 aromatic heterocycles. The Morgan fingerprint density at radius 1 is 1.21 bits per heavy atom. The third kappa shape index (κ3) is 3.18. The molecule has 0 aliphatic heterocycles. The smallest absolute Gasteiger partial charge is 0.130 e. The second-order valence-electron chi connectivity index (χ2n) is 4.76. The minimum Gasteiger partial charge on any atom is -0.487 e. The summed E-state index contributed by atoms with van der Waals surface area (Å²) in [6, 6.07) is 6.20. The van der Waals surface area contributed by atoms with Gasteiger partial charge >= 0.3 is 0 Å². The second kappa shape index (κ2) is 5.78. The number of nitrogens with zero attached hydrogens (tertiary/aromatic N) is 2. The van der Waals surface area contributed by atoms with Crippen molar-refractivity contribution < 1.29 is 4.74 Å². The Bertz CT molecular complexity index is 567. The monoisotopic (exact) mass is 322 g/mol. The predicted octanol–water partition coefficient (Wildman–Crippen LogP) is 3.94. The van der Waals surface area contributed by atoms with E-state index in [1.165, 1.54) is 11.1 Å². The van der Waals surface area contributed by atoms with Gasteiger partial charge in [-0.25, -0.2) is 0 Å². The highest BCUT2D eigenvalue weighted by Crippen LogP contribution is 2.26. The Morgan fingerprint density at radius 2 is 1.84 bits per heavy atom. The van der Waals surface area contributed by atoms with Crippen LogP contribution in [0.2, 0.25) is 0 Å². The topological polar surface area (TPSA) is 27.1 Å². The third-order valence-corrected chi connectivity index (χ3v) is 4.44. The zero-order chi connectivity index (χ0) is 14.0. The zero-order valence-corrected chi connectivity index (χ0v) is 13.4. The first-order valence-electron chi connectivity index (χ1n) is 6.42. The molecule has 0 atom stereocenters. The molecule has 0 saturated carbocycles. The van der Waals surface area contributed by atoms with Crippen molar-refractivity contribution >= 4 is 15.9 Å². The van der Waals surface area contributed by atoms with Crippen LogP contribution in [0, 0.1) is 13.8 Å². The minimum atomic E-state index is 0.546. The highest BCUT2D eigenvalue weighted by molar-refractivity contribution is 9.10. The summed E-state index contributed by atoms with van der Waals surface area (Å²) in [5.74, 6) is 0.900. The van der Waals surface area contributed by atoms with E-state index in [1.54, 1.807) is 0 Å². The Kier molecular flexibility index (Phi) is 4.30. The van der Waals surface area contributed by atoms with E-state index in [9.17, 15) is 0 Å². The molecule has 0 spiro atoms. The lowest BCUT2D eigenvalue weighted by atomic mass is 10.1. The molecule has 3 nitrogen and oxygen atoms in total. The van der Waals surface area contributed by atoms with E-state index in [2.05, 4.69) is 47.9 Å². The fourth-order valence-electron chi connectivity index (χ4n) is 2.03. The van der Waals surface area contributed by atoms with Crippen molar-refractivity contribution in [2.75, 3.05) is 0 Å². The summed E-state index contributed by atoms with van der Waals surface area (Å²) >= 11 is 3.56. The van der Waals surface area contributed by atoms with Crippen molar-refractivity contribution in [3.63, 3.8) is 0 Å².